The lowest BCUT2D eigenvalue weighted by atomic mass is 9.98. The Morgan fingerprint density at radius 1 is 0.615 bits per heavy atom. The molecule has 7 N–H and O–H groups in total. The van der Waals surface area contributed by atoms with Crippen LogP contribution < -0.4 is 0 Å². The van der Waals surface area contributed by atoms with Gasteiger partial charge in [-0.25, -0.2) is 13.7 Å². The minimum absolute atomic E-state index is 0.161. The van der Waals surface area contributed by atoms with Crippen molar-refractivity contribution in [2.75, 3.05) is 6.61 Å². The van der Waals surface area contributed by atoms with Crippen LogP contribution in [0.4, 0.5) is 0 Å². The van der Waals surface area contributed by atoms with Crippen LogP contribution in [0.5, 0.6) is 0 Å². The molecule has 0 aliphatic carbocycles. The molecule has 2 atom stereocenters. The first-order chi connectivity index (χ1) is 17.9. The molecule has 0 heterocycles. The van der Waals surface area contributed by atoms with Gasteiger partial charge in [-0.15, -0.1) is 0 Å². The molecule has 0 radical (unpaired) electrons. The summed E-state index contributed by atoms with van der Waals surface area (Å²) in [5.74, 6) is 1.46. The van der Waals surface area contributed by atoms with Crippen LogP contribution in [0.1, 0.15) is 124 Å². The molecule has 0 aromatic heterocycles. The lowest BCUT2D eigenvalue weighted by molar-refractivity contribution is 0.193. The summed E-state index contributed by atoms with van der Waals surface area (Å²) >= 11 is 0. The van der Waals surface area contributed by atoms with Gasteiger partial charge in [0.25, 0.3) is 0 Å². The van der Waals surface area contributed by atoms with Gasteiger partial charge in [-0.2, -0.15) is 0 Å². The maximum absolute atomic E-state index is 10.4. The lowest BCUT2D eigenvalue weighted by Crippen LogP contribution is -1.95. The minimum atomic E-state index is -4.64. The fourth-order valence-electron chi connectivity index (χ4n) is 3.58. The quantitative estimate of drug-likeness (QED) is 0.0391. The Morgan fingerprint density at radius 2 is 1.08 bits per heavy atom. The van der Waals surface area contributed by atoms with E-state index in [1.807, 2.05) is 0 Å². The van der Waals surface area contributed by atoms with E-state index in [4.69, 9.17) is 38.8 Å². The highest BCUT2D eigenvalue weighted by atomic mass is 31.2. The van der Waals surface area contributed by atoms with Crippen molar-refractivity contribution in [2.45, 2.75) is 124 Å². The number of phosphoric acid groups is 3. The average molecular weight is 629 g/mol. The maximum Gasteiger partial charge on any atom is 0.524 e. The van der Waals surface area contributed by atoms with E-state index < -0.39 is 23.5 Å². The number of allylic oxidation sites excluding steroid dienone is 1. The highest BCUT2D eigenvalue weighted by Crippen LogP contribution is 2.36. The zero-order chi connectivity index (χ0) is 30.8. The Kier molecular flexibility index (Phi) is 29.8. The molecule has 0 aromatic carbocycles. The van der Waals surface area contributed by atoms with E-state index in [0.29, 0.717) is 5.92 Å². The first-order valence-corrected chi connectivity index (χ1v) is 18.4. The summed E-state index contributed by atoms with van der Waals surface area (Å²) in [5, 5.41) is 0. The number of hydrogen-bond donors (Lipinski definition) is 7. The van der Waals surface area contributed by atoms with E-state index in [1.54, 1.807) is 6.08 Å². The maximum atomic E-state index is 10.4. The summed E-state index contributed by atoms with van der Waals surface area (Å²) in [5.41, 5.74) is 0. The zero-order valence-electron chi connectivity index (χ0n) is 24.1. The van der Waals surface area contributed by atoms with Crippen molar-refractivity contribution in [3.05, 3.63) is 12.3 Å². The predicted molar refractivity (Wildman–Crippen MR) is 153 cm³/mol. The van der Waals surface area contributed by atoms with Crippen molar-refractivity contribution >= 4 is 23.5 Å². The van der Waals surface area contributed by atoms with E-state index in [9.17, 15) is 9.13 Å². The third-order valence-electron chi connectivity index (χ3n) is 5.55. The highest BCUT2D eigenvalue weighted by Gasteiger charge is 2.12. The van der Waals surface area contributed by atoms with Crippen molar-refractivity contribution < 1.29 is 57.0 Å². The molecule has 0 rings (SSSR count). The molecule has 0 aromatic rings. The molecular weight excluding hydrogens is 573 g/mol. The summed E-state index contributed by atoms with van der Waals surface area (Å²) in [6, 6.07) is 0. The largest absolute Gasteiger partial charge is 0.524 e. The molecule has 12 nitrogen and oxygen atoms in total. The van der Waals surface area contributed by atoms with E-state index in [2.05, 4.69) is 36.7 Å². The molecule has 0 bridgehead atoms. The molecule has 0 aliphatic heterocycles. The van der Waals surface area contributed by atoms with E-state index in [1.165, 1.54) is 64.2 Å². The topological polar surface area (TPSA) is 211 Å². The molecule has 0 saturated carbocycles. The van der Waals surface area contributed by atoms with Gasteiger partial charge in [-0.3, -0.25) is 14.3 Å². The molecule has 2 unspecified atom stereocenters. The lowest BCUT2D eigenvalue weighted by Gasteiger charge is -2.09. The van der Waals surface area contributed by atoms with Gasteiger partial charge in [0, 0.05) is 0 Å². The van der Waals surface area contributed by atoms with E-state index >= 15 is 0 Å². The number of unbranched alkanes of at least 4 members (excludes halogenated alkanes) is 7. The van der Waals surface area contributed by atoms with E-state index in [-0.39, 0.29) is 6.61 Å². The fourth-order valence-corrected chi connectivity index (χ4v) is 4.19. The monoisotopic (exact) mass is 628 g/mol. The molecule has 39 heavy (non-hydrogen) atoms. The van der Waals surface area contributed by atoms with Crippen LogP contribution in [0.2, 0.25) is 0 Å². The number of rotatable bonds is 21. The minimum Gasteiger partial charge on any atom is -0.413 e. The highest BCUT2D eigenvalue weighted by molar-refractivity contribution is 7.46. The first-order valence-electron chi connectivity index (χ1n) is 13.8. The summed E-state index contributed by atoms with van der Waals surface area (Å²) in [6.45, 7) is 9.08. The Morgan fingerprint density at radius 3 is 1.51 bits per heavy atom. The van der Waals surface area contributed by atoms with Gasteiger partial charge >= 0.3 is 23.5 Å². The fraction of sp³-hybridized carbons (Fsp3) is 0.917. The molecule has 15 heteroatoms. The van der Waals surface area contributed by atoms with Gasteiger partial charge in [-0.05, 0) is 37.2 Å². The average Bonchev–Trinajstić information content (AvgIpc) is 2.76. The Hall–Kier alpha value is -0.0900. The third kappa shape index (κ3) is 54.6. The van der Waals surface area contributed by atoms with Crippen molar-refractivity contribution in [2.24, 2.45) is 11.8 Å². The van der Waals surface area contributed by atoms with Crippen molar-refractivity contribution in [1.82, 2.24) is 0 Å². The SMILES string of the molecule is CCCC(C)CCCCCCOP(=O)(O)O.CCCCCCCC(C)CCC=COP(=O)(O)O.O=P(O)(O)O. The van der Waals surface area contributed by atoms with Crippen LogP contribution in [-0.2, 0) is 22.7 Å². The summed E-state index contributed by atoms with van der Waals surface area (Å²) in [6.07, 6.45) is 20.2. The number of phosphoric ester groups is 2. The van der Waals surface area contributed by atoms with Crippen molar-refractivity contribution in [3.8, 4) is 0 Å². The van der Waals surface area contributed by atoms with Gasteiger partial charge in [0.15, 0.2) is 0 Å². The normalized spacial score (nSPS) is 13.7. The molecular formula is C24H55O12P3. The molecule has 0 amide bonds. The second-order valence-electron chi connectivity index (χ2n) is 9.79. The second kappa shape index (κ2) is 26.8. The van der Waals surface area contributed by atoms with Crippen LogP contribution in [0.15, 0.2) is 12.3 Å². The Balaban J connectivity index is -0.000000569. The van der Waals surface area contributed by atoms with Crippen LogP contribution in [0.25, 0.3) is 0 Å². The summed E-state index contributed by atoms with van der Waals surface area (Å²) in [7, 11) is -13.2. The molecule has 0 saturated heterocycles. The molecule has 238 valence electrons. The van der Waals surface area contributed by atoms with Gasteiger partial charge in [0.2, 0.25) is 0 Å². The third-order valence-corrected chi connectivity index (χ3v) is 6.47. The summed E-state index contributed by atoms with van der Waals surface area (Å²) in [4.78, 5) is 55.3. The van der Waals surface area contributed by atoms with Crippen LogP contribution in [0, 0.1) is 11.8 Å². The molecule has 0 spiro atoms. The summed E-state index contributed by atoms with van der Waals surface area (Å²) < 4.78 is 38.2. The first kappa shape index (κ1) is 43.4. The van der Waals surface area contributed by atoms with Crippen molar-refractivity contribution in [1.29, 1.82) is 0 Å². The van der Waals surface area contributed by atoms with Crippen molar-refractivity contribution in [3.63, 3.8) is 0 Å². The Labute approximate surface area is 235 Å². The smallest absolute Gasteiger partial charge is 0.413 e. The van der Waals surface area contributed by atoms with Gasteiger partial charge in [-0.1, -0.05) is 105 Å². The zero-order valence-corrected chi connectivity index (χ0v) is 26.8. The van der Waals surface area contributed by atoms with Gasteiger partial charge < -0.3 is 29.0 Å². The molecule has 0 fully saturated rings. The Bertz CT molecular complexity index is 694. The van der Waals surface area contributed by atoms with E-state index in [0.717, 1.165) is 44.3 Å². The van der Waals surface area contributed by atoms with Gasteiger partial charge in [0.05, 0.1) is 12.9 Å². The van der Waals surface area contributed by atoms with Crippen LogP contribution >= 0.6 is 23.5 Å². The van der Waals surface area contributed by atoms with Crippen LogP contribution in [0.3, 0.4) is 0 Å². The number of hydrogen-bond acceptors (Lipinski definition) is 5. The van der Waals surface area contributed by atoms with Crippen LogP contribution in [-0.4, -0.2) is 40.9 Å². The molecule has 0 aliphatic rings. The van der Waals surface area contributed by atoms with Gasteiger partial charge in [0.1, 0.15) is 0 Å². The predicted octanol–water partition coefficient (Wildman–Crippen LogP) is 6.94. The second-order valence-corrected chi connectivity index (χ2v) is 13.2. The standard InChI is InChI=1S/C13H27O4P.C11H25O4P.H3O4P/c1-3-4-5-6-7-10-13(2)11-8-9-12-17-18(14,15)16;1-3-8-11(2)9-6-4-5-7-10-15-16(12,13)14;1-5(2,3)4/h9,12-13H,3-8,10-11H2,1-2H3,(H2,14,15,16);11H,3-10H2,1-2H3,(H2,12,13,14);(H3,1,2,3,4).